The maximum absolute atomic E-state index is 13.5. The topological polar surface area (TPSA) is 70.0 Å². The van der Waals surface area contributed by atoms with Crippen LogP contribution in [0.15, 0.2) is 101 Å². The molecule has 1 N–H and O–H groups in total. The molecule has 0 saturated carbocycles. The Kier molecular flexibility index (Phi) is 6.55. The summed E-state index contributed by atoms with van der Waals surface area (Å²) in [4.78, 5) is 33.4. The van der Waals surface area contributed by atoms with Crippen LogP contribution in [0.3, 0.4) is 0 Å². The fourth-order valence-corrected chi connectivity index (χ4v) is 5.64. The summed E-state index contributed by atoms with van der Waals surface area (Å²) in [6.45, 7) is 0. The molecule has 8 heteroatoms. The fourth-order valence-electron chi connectivity index (χ4n) is 3.50. The normalized spacial score (nSPS) is 15.8. The molecule has 35 heavy (non-hydrogen) atoms. The van der Waals surface area contributed by atoms with Crippen LogP contribution in [0.1, 0.15) is 15.2 Å². The Labute approximate surface area is 215 Å². The average molecular weight is 517 g/mol. The van der Waals surface area contributed by atoms with E-state index < -0.39 is 5.97 Å². The zero-order chi connectivity index (χ0) is 24.4. The number of thioether (sulfide) groups is 1. The van der Waals surface area contributed by atoms with Gasteiger partial charge in [-0.15, -0.1) is 11.3 Å². The maximum atomic E-state index is 13.5. The molecule has 0 atom stereocenters. The van der Waals surface area contributed by atoms with Crippen LogP contribution in [-0.4, -0.2) is 22.2 Å². The van der Waals surface area contributed by atoms with E-state index in [1.807, 2.05) is 54.6 Å². The van der Waals surface area contributed by atoms with Crippen LogP contribution in [0.2, 0.25) is 5.02 Å². The molecule has 1 aliphatic heterocycles. The van der Waals surface area contributed by atoms with Crippen LogP contribution in [0.4, 0.5) is 11.4 Å². The van der Waals surface area contributed by atoms with E-state index in [1.165, 1.54) is 23.1 Å². The molecule has 0 bridgehead atoms. The van der Waals surface area contributed by atoms with E-state index in [1.54, 1.807) is 47.4 Å². The Balaban J connectivity index is 1.49. The summed E-state index contributed by atoms with van der Waals surface area (Å²) in [5.74, 6) is -1.14. The number of aromatic carboxylic acids is 1. The molecule has 1 amide bonds. The minimum Gasteiger partial charge on any atom is -0.478 e. The number of hydrogen-bond acceptors (Lipinski definition) is 5. The number of benzene rings is 3. The van der Waals surface area contributed by atoms with Crippen molar-refractivity contribution in [2.75, 3.05) is 4.90 Å². The van der Waals surface area contributed by atoms with Gasteiger partial charge >= 0.3 is 5.97 Å². The number of aliphatic imine (C=N–C) groups is 1. The predicted molar refractivity (Wildman–Crippen MR) is 145 cm³/mol. The van der Waals surface area contributed by atoms with E-state index in [-0.39, 0.29) is 11.5 Å². The van der Waals surface area contributed by atoms with Crippen molar-refractivity contribution >= 4 is 69.2 Å². The minimum atomic E-state index is -0.966. The van der Waals surface area contributed by atoms with Crippen molar-refractivity contribution in [2.24, 2.45) is 4.99 Å². The summed E-state index contributed by atoms with van der Waals surface area (Å²) in [5.41, 5.74) is 2.49. The minimum absolute atomic E-state index is 0.171. The number of carbonyl (C=O) groups is 2. The highest BCUT2D eigenvalue weighted by Crippen LogP contribution is 2.39. The van der Waals surface area contributed by atoms with Crippen LogP contribution in [0.25, 0.3) is 16.5 Å². The third-order valence-corrected chi connectivity index (χ3v) is 7.47. The van der Waals surface area contributed by atoms with Gasteiger partial charge in [0.05, 0.1) is 21.8 Å². The predicted octanol–water partition coefficient (Wildman–Crippen LogP) is 7.58. The first-order valence-electron chi connectivity index (χ1n) is 10.5. The number of halogens is 1. The number of nitrogens with zero attached hydrogens (tertiary/aromatic N) is 2. The van der Waals surface area contributed by atoms with Gasteiger partial charge < -0.3 is 5.11 Å². The van der Waals surface area contributed by atoms with E-state index in [0.717, 1.165) is 21.0 Å². The number of para-hydroxylation sites is 1. The number of anilines is 1. The summed E-state index contributed by atoms with van der Waals surface area (Å²) in [6, 6.07) is 27.2. The molecule has 1 aliphatic rings. The number of hydrogen-bond donors (Lipinski definition) is 1. The third-order valence-electron chi connectivity index (χ3n) is 5.17. The van der Waals surface area contributed by atoms with Crippen molar-refractivity contribution in [1.82, 2.24) is 0 Å². The molecule has 1 aromatic heterocycles. The number of carboxylic acid groups (broad SMARTS) is 1. The highest BCUT2D eigenvalue weighted by atomic mass is 35.5. The van der Waals surface area contributed by atoms with E-state index in [9.17, 15) is 14.7 Å². The largest absolute Gasteiger partial charge is 0.478 e. The Hall–Kier alpha value is -3.65. The Bertz CT molecular complexity index is 1480. The first kappa shape index (κ1) is 23.1. The number of carbonyl (C=O) groups excluding carboxylic acids is 1. The molecule has 2 heterocycles. The van der Waals surface area contributed by atoms with E-state index in [4.69, 9.17) is 16.6 Å². The zero-order valence-corrected chi connectivity index (χ0v) is 20.5. The third kappa shape index (κ3) is 5.07. The smallest absolute Gasteiger partial charge is 0.335 e. The van der Waals surface area contributed by atoms with Gasteiger partial charge in [-0.3, -0.25) is 9.69 Å². The van der Waals surface area contributed by atoms with Gasteiger partial charge in [0.1, 0.15) is 0 Å². The molecule has 1 saturated heterocycles. The quantitative estimate of drug-likeness (QED) is 0.278. The molecular weight excluding hydrogens is 500 g/mol. The zero-order valence-electron chi connectivity index (χ0n) is 18.1. The lowest BCUT2D eigenvalue weighted by atomic mass is 10.1. The Morgan fingerprint density at radius 2 is 1.71 bits per heavy atom. The average Bonchev–Trinajstić information content (AvgIpc) is 3.45. The van der Waals surface area contributed by atoms with Gasteiger partial charge in [-0.2, -0.15) is 0 Å². The molecule has 0 aliphatic carbocycles. The van der Waals surface area contributed by atoms with Gasteiger partial charge in [0.25, 0.3) is 5.91 Å². The molecule has 0 radical (unpaired) electrons. The van der Waals surface area contributed by atoms with Crippen LogP contribution < -0.4 is 4.90 Å². The molecule has 0 spiro atoms. The lowest BCUT2D eigenvalue weighted by Crippen LogP contribution is -2.28. The van der Waals surface area contributed by atoms with Crippen LogP contribution >= 0.6 is 34.7 Å². The van der Waals surface area contributed by atoms with Gasteiger partial charge in [-0.05, 0) is 84.1 Å². The van der Waals surface area contributed by atoms with Crippen LogP contribution in [0, 0.1) is 0 Å². The number of thiophene rings is 1. The monoisotopic (exact) mass is 516 g/mol. The van der Waals surface area contributed by atoms with Crippen LogP contribution in [0.5, 0.6) is 0 Å². The lowest BCUT2D eigenvalue weighted by Gasteiger charge is -2.15. The second kappa shape index (κ2) is 9.92. The van der Waals surface area contributed by atoms with Crippen molar-refractivity contribution in [2.45, 2.75) is 0 Å². The van der Waals surface area contributed by atoms with Gasteiger partial charge in [-0.1, -0.05) is 41.9 Å². The molecule has 4 aromatic rings. The molecule has 5 rings (SSSR count). The second-order valence-corrected chi connectivity index (χ2v) is 10.1. The molecule has 3 aromatic carbocycles. The first-order valence-corrected chi connectivity index (χ1v) is 12.6. The van der Waals surface area contributed by atoms with Gasteiger partial charge in [0, 0.05) is 14.8 Å². The number of rotatable bonds is 5. The van der Waals surface area contributed by atoms with Crippen molar-refractivity contribution in [3.8, 4) is 10.4 Å². The summed E-state index contributed by atoms with van der Waals surface area (Å²) in [7, 11) is 0. The fraction of sp³-hybridized carbons (Fsp3) is 0. The van der Waals surface area contributed by atoms with Crippen molar-refractivity contribution in [1.29, 1.82) is 0 Å². The highest BCUT2D eigenvalue weighted by Gasteiger charge is 2.34. The van der Waals surface area contributed by atoms with Gasteiger partial charge in [0.15, 0.2) is 5.17 Å². The summed E-state index contributed by atoms with van der Waals surface area (Å²) < 4.78 is 0. The number of amidine groups is 1. The Morgan fingerprint density at radius 1 is 0.943 bits per heavy atom. The number of amides is 1. The van der Waals surface area contributed by atoms with E-state index in [0.29, 0.717) is 20.8 Å². The molecular formula is C27H17ClN2O3S2. The van der Waals surface area contributed by atoms with Crippen molar-refractivity contribution in [3.05, 3.63) is 111 Å². The van der Waals surface area contributed by atoms with Crippen molar-refractivity contribution < 1.29 is 14.7 Å². The maximum Gasteiger partial charge on any atom is 0.335 e. The number of carboxylic acids is 1. The van der Waals surface area contributed by atoms with E-state index >= 15 is 0 Å². The first-order chi connectivity index (χ1) is 17.0. The summed E-state index contributed by atoms with van der Waals surface area (Å²) in [5, 5.41) is 10.4. The van der Waals surface area contributed by atoms with E-state index in [2.05, 4.69) is 0 Å². The van der Waals surface area contributed by atoms with Crippen LogP contribution in [-0.2, 0) is 4.79 Å². The lowest BCUT2D eigenvalue weighted by molar-refractivity contribution is -0.113. The summed E-state index contributed by atoms with van der Waals surface area (Å²) >= 11 is 8.85. The molecule has 172 valence electrons. The van der Waals surface area contributed by atoms with Crippen molar-refractivity contribution in [3.63, 3.8) is 0 Å². The standard InChI is InChI=1S/C27H17ClN2O3S2/c28-19-9-11-21(12-10-19)30-25(31)24(35-27(30)29-20-7-2-1-3-8-20)16-22-13-14-23(34-22)17-5-4-6-18(15-17)26(32)33/h1-16H,(H,32,33)/b24-16-,29-27?. The van der Waals surface area contributed by atoms with Gasteiger partial charge in [0.2, 0.25) is 0 Å². The molecule has 5 nitrogen and oxygen atoms in total. The summed E-state index contributed by atoms with van der Waals surface area (Å²) in [6.07, 6.45) is 1.85. The SMILES string of the molecule is O=C(O)c1cccc(-c2ccc(/C=C3\SC(=Nc4ccccc4)N(c4ccc(Cl)cc4)C3=O)s2)c1. The highest BCUT2D eigenvalue weighted by molar-refractivity contribution is 8.19. The second-order valence-electron chi connectivity index (χ2n) is 7.55. The Morgan fingerprint density at radius 3 is 2.46 bits per heavy atom. The van der Waals surface area contributed by atoms with Gasteiger partial charge in [-0.25, -0.2) is 9.79 Å². The molecule has 0 unspecified atom stereocenters. The molecule has 1 fully saturated rings.